The van der Waals surface area contributed by atoms with Gasteiger partial charge in [0, 0.05) is 43.5 Å². The summed E-state index contributed by atoms with van der Waals surface area (Å²) in [4.78, 5) is 5.28. The van der Waals surface area contributed by atoms with Gasteiger partial charge >= 0.3 is 0 Å². The van der Waals surface area contributed by atoms with E-state index in [1.165, 1.54) is 22.3 Å². The van der Waals surface area contributed by atoms with Gasteiger partial charge in [0.2, 0.25) is 0 Å². The molecule has 3 nitrogen and oxygen atoms in total. The minimum atomic E-state index is -3.20. The van der Waals surface area contributed by atoms with Gasteiger partial charge in [-0.1, -0.05) is 200 Å². The van der Waals surface area contributed by atoms with Crippen LogP contribution in [0, 0.1) is 0 Å². The third kappa shape index (κ3) is 6.12. The summed E-state index contributed by atoms with van der Waals surface area (Å²) in [5.74, 6) is 0. The predicted molar refractivity (Wildman–Crippen MR) is 264 cm³/mol. The zero-order chi connectivity index (χ0) is 41.9. The van der Waals surface area contributed by atoms with E-state index < -0.39 is 7.14 Å². The van der Waals surface area contributed by atoms with Crippen molar-refractivity contribution in [2.45, 2.75) is 0 Å². The molecule has 3 heterocycles. The molecule has 0 bridgehead atoms. The summed E-state index contributed by atoms with van der Waals surface area (Å²) in [6.45, 7) is 0. The van der Waals surface area contributed by atoms with Gasteiger partial charge in [-0.05, 0) is 80.9 Å². The van der Waals surface area contributed by atoms with Crippen LogP contribution in [0.4, 0.5) is 0 Å². The SMILES string of the molecule is O=P1(c2ccccc2)c2ccccc2-c2ccc3c(c21)c1ccccc1n3-c1ccc(-c2cc(-c3ccc(-c4ccccc4)cc3)nc(-c3ccc(-c4ccccc4)cc3)c2)cc1. The van der Waals surface area contributed by atoms with E-state index in [0.717, 1.165) is 88.2 Å². The molecule has 4 heteroatoms. The Kier molecular flexibility index (Phi) is 8.78. The smallest absolute Gasteiger partial charge is 0.172 e. The van der Waals surface area contributed by atoms with Crippen molar-refractivity contribution in [1.29, 1.82) is 0 Å². The highest BCUT2D eigenvalue weighted by molar-refractivity contribution is 7.86. The van der Waals surface area contributed by atoms with Crippen molar-refractivity contribution in [3.05, 3.63) is 237 Å². The van der Waals surface area contributed by atoms with E-state index in [0.29, 0.717) is 0 Å². The molecule has 1 unspecified atom stereocenters. The van der Waals surface area contributed by atoms with Crippen LogP contribution >= 0.6 is 7.14 Å². The van der Waals surface area contributed by atoms with Gasteiger partial charge in [-0.3, -0.25) is 0 Å². The molecule has 0 radical (unpaired) electrons. The Bertz CT molecular complexity index is 3440. The largest absolute Gasteiger partial charge is 0.309 e. The fourth-order valence-electron chi connectivity index (χ4n) is 9.59. The Morgan fingerprint density at radius 1 is 0.365 bits per heavy atom. The summed E-state index contributed by atoms with van der Waals surface area (Å²) in [6.07, 6.45) is 0. The summed E-state index contributed by atoms with van der Waals surface area (Å²) < 4.78 is 18.2. The molecular weight excluding hydrogens is 784 g/mol. The lowest BCUT2D eigenvalue weighted by atomic mass is 9.97. The van der Waals surface area contributed by atoms with Crippen LogP contribution in [-0.2, 0) is 4.57 Å². The second-order valence-corrected chi connectivity index (χ2v) is 18.9. The maximum Gasteiger partial charge on any atom is 0.172 e. The van der Waals surface area contributed by atoms with E-state index >= 15 is 4.57 Å². The lowest BCUT2D eigenvalue weighted by Gasteiger charge is -2.17. The minimum Gasteiger partial charge on any atom is -0.309 e. The Labute approximate surface area is 366 Å². The van der Waals surface area contributed by atoms with Crippen LogP contribution < -0.4 is 15.9 Å². The average Bonchev–Trinajstić information content (AvgIpc) is 3.84. The maximum atomic E-state index is 15.9. The van der Waals surface area contributed by atoms with E-state index in [1.807, 2.05) is 48.5 Å². The molecule has 0 saturated carbocycles. The molecule has 0 fully saturated rings. The lowest BCUT2D eigenvalue weighted by molar-refractivity contribution is 0.593. The van der Waals surface area contributed by atoms with Crippen molar-refractivity contribution < 1.29 is 4.57 Å². The molecule has 0 saturated heterocycles. The van der Waals surface area contributed by atoms with Crippen LogP contribution in [0.15, 0.2) is 237 Å². The van der Waals surface area contributed by atoms with Crippen LogP contribution in [0.3, 0.4) is 0 Å². The number of para-hydroxylation sites is 1. The van der Waals surface area contributed by atoms with Gasteiger partial charge in [-0.25, -0.2) is 4.98 Å². The molecular formula is C59H39N2OP. The first kappa shape index (κ1) is 37.0. The van der Waals surface area contributed by atoms with Gasteiger partial charge in [-0.2, -0.15) is 0 Å². The quantitative estimate of drug-likeness (QED) is 0.150. The summed E-state index contributed by atoms with van der Waals surface area (Å²) in [6, 6.07) is 82.9. The predicted octanol–water partition coefficient (Wildman–Crippen LogP) is 14.1. The number of hydrogen-bond acceptors (Lipinski definition) is 2. The molecule has 11 aromatic rings. The molecule has 296 valence electrons. The number of fused-ring (bicyclic) bond motifs is 7. The average molecular weight is 823 g/mol. The van der Waals surface area contributed by atoms with Crippen LogP contribution in [0.25, 0.3) is 94.5 Å². The molecule has 9 aromatic carbocycles. The first-order valence-electron chi connectivity index (χ1n) is 21.4. The Morgan fingerprint density at radius 2 is 0.841 bits per heavy atom. The molecule has 0 N–H and O–H groups in total. The van der Waals surface area contributed by atoms with Crippen LogP contribution in [0.1, 0.15) is 0 Å². The fraction of sp³-hybridized carbons (Fsp3) is 0. The highest BCUT2D eigenvalue weighted by atomic mass is 31.2. The molecule has 0 spiro atoms. The first-order valence-corrected chi connectivity index (χ1v) is 23.1. The lowest BCUT2D eigenvalue weighted by Crippen LogP contribution is -2.21. The fourth-order valence-corrected chi connectivity index (χ4v) is 12.9. The van der Waals surface area contributed by atoms with Gasteiger partial charge < -0.3 is 9.13 Å². The first-order chi connectivity index (χ1) is 31.1. The van der Waals surface area contributed by atoms with Crippen molar-refractivity contribution in [3.8, 4) is 72.7 Å². The van der Waals surface area contributed by atoms with Crippen LogP contribution in [0.2, 0.25) is 0 Å². The van der Waals surface area contributed by atoms with Crippen molar-refractivity contribution >= 4 is 44.9 Å². The second-order valence-electron chi connectivity index (χ2n) is 16.2. The maximum absolute atomic E-state index is 15.9. The van der Waals surface area contributed by atoms with Crippen LogP contribution in [0.5, 0.6) is 0 Å². The minimum absolute atomic E-state index is 0.861. The van der Waals surface area contributed by atoms with Crippen molar-refractivity contribution in [1.82, 2.24) is 9.55 Å². The van der Waals surface area contributed by atoms with Crippen molar-refractivity contribution in [2.75, 3.05) is 0 Å². The number of aromatic nitrogens is 2. The van der Waals surface area contributed by atoms with Gasteiger partial charge in [0.1, 0.15) is 0 Å². The summed E-state index contributed by atoms with van der Waals surface area (Å²) in [5, 5.41) is 4.85. The van der Waals surface area contributed by atoms with Crippen molar-refractivity contribution in [2.24, 2.45) is 0 Å². The molecule has 0 amide bonds. The summed E-state index contributed by atoms with van der Waals surface area (Å²) >= 11 is 0. The van der Waals surface area contributed by atoms with E-state index in [2.05, 4.69) is 193 Å². The molecule has 12 rings (SSSR count). The van der Waals surface area contributed by atoms with E-state index in [9.17, 15) is 0 Å². The Hall–Kier alpha value is -7.84. The zero-order valence-electron chi connectivity index (χ0n) is 34.3. The van der Waals surface area contributed by atoms with Gasteiger partial charge in [0.15, 0.2) is 7.14 Å². The van der Waals surface area contributed by atoms with E-state index in [1.54, 1.807) is 0 Å². The summed E-state index contributed by atoms with van der Waals surface area (Å²) in [7, 11) is -3.20. The monoisotopic (exact) mass is 822 g/mol. The topological polar surface area (TPSA) is 34.9 Å². The molecule has 2 aromatic heterocycles. The van der Waals surface area contributed by atoms with E-state index in [4.69, 9.17) is 4.98 Å². The highest BCUT2D eigenvalue weighted by Gasteiger charge is 2.42. The standard InChI is InChI=1S/C59H39N2OP/c62-63(49-18-8-3-9-19-49)57-23-13-11-20-50(57)51-36-37-56-58(59(51)63)52-21-10-12-22-55(52)61(56)48-34-32-44(33-35-48)47-38-53(45-28-24-42(25-29-45)40-14-4-1-5-15-40)60-54(39-47)46-30-26-43(27-31-46)41-16-6-2-7-17-41/h1-39H. The highest BCUT2D eigenvalue weighted by Crippen LogP contribution is 2.55. The number of hydrogen-bond donors (Lipinski definition) is 0. The van der Waals surface area contributed by atoms with E-state index in [-0.39, 0.29) is 0 Å². The van der Waals surface area contributed by atoms with Gasteiger partial charge in [-0.15, -0.1) is 0 Å². The molecule has 63 heavy (non-hydrogen) atoms. The number of nitrogens with zero attached hydrogens (tertiary/aromatic N) is 2. The number of rotatable bonds is 7. The molecule has 1 atom stereocenters. The van der Waals surface area contributed by atoms with Crippen molar-refractivity contribution in [3.63, 3.8) is 0 Å². The Balaban J connectivity index is 0.985. The zero-order valence-corrected chi connectivity index (χ0v) is 35.2. The molecule has 0 aliphatic carbocycles. The third-order valence-corrected chi connectivity index (χ3v) is 15.8. The molecule has 1 aliphatic heterocycles. The third-order valence-electron chi connectivity index (χ3n) is 12.6. The Morgan fingerprint density at radius 3 is 1.46 bits per heavy atom. The van der Waals surface area contributed by atoms with Gasteiger partial charge in [0.25, 0.3) is 0 Å². The number of pyridine rings is 1. The normalized spacial score (nSPS) is 14.2. The number of benzene rings is 9. The molecule has 1 aliphatic rings. The van der Waals surface area contributed by atoms with Gasteiger partial charge in [0.05, 0.1) is 22.4 Å². The second kappa shape index (κ2) is 15.0. The van der Waals surface area contributed by atoms with Crippen LogP contribution in [-0.4, -0.2) is 9.55 Å². The summed E-state index contributed by atoms with van der Waals surface area (Å²) in [5.41, 5.74) is 16.1.